The summed E-state index contributed by atoms with van der Waals surface area (Å²) in [6.45, 7) is 0.469. The molecule has 0 radical (unpaired) electrons. The lowest BCUT2D eigenvalue weighted by Crippen LogP contribution is -1.91. The van der Waals surface area contributed by atoms with Gasteiger partial charge in [0.05, 0.1) is 0 Å². The maximum atomic E-state index is 4.97. The van der Waals surface area contributed by atoms with Crippen molar-refractivity contribution in [3.63, 3.8) is 0 Å². The minimum absolute atomic E-state index is 0.276. The van der Waals surface area contributed by atoms with Gasteiger partial charge in [0.2, 0.25) is 4.38 Å². The second-order valence-corrected chi connectivity index (χ2v) is 3.47. The van der Waals surface area contributed by atoms with E-state index >= 15 is 0 Å². The molecule has 0 aromatic heterocycles. The first kappa shape index (κ1) is 10.3. The van der Waals surface area contributed by atoms with Crippen LogP contribution in [0.1, 0.15) is 5.56 Å². The van der Waals surface area contributed by atoms with E-state index in [2.05, 4.69) is 24.8 Å². The molecule has 0 amide bonds. The molecular weight excluding hydrogens is 200 g/mol. The number of ether oxygens (including phenoxy) is 1. The summed E-state index contributed by atoms with van der Waals surface area (Å²) in [4.78, 5) is 0. The van der Waals surface area contributed by atoms with Crippen molar-refractivity contribution in [2.24, 2.45) is 0 Å². The number of rotatable bonds is 3. The summed E-state index contributed by atoms with van der Waals surface area (Å²) in [5.41, 5.74) is 1.15. The van der Waals surface area contributed by atoms with Crippen molar-refractivity contribution in [3.8, 4) is 0 Å². The highest BCUT2D eigenvalue weighted by Crippen LogP contribution is 2.00. The Balaban J connectivity index is 2.37. The minimum atomic E-state index is 0.276. The second kappa shape index (κ2) is 5.78. The monoisotopic (exact) mass is 210 g/mol. The van der Waals surface area contributed by atoms with Crippen LogP contribution in [0.25, 0.3) is 6.08 Å². The fourth-order valence-electron chi connectivity index (χ4n) is 0.868. The van der Waals surface area contributed by atoms with E-state index in [1.807, 2.05) is 42.5 Å². The van der Waals surface area contributed by atoms with E-state index in [0.717, 1.165) is 5.56 Å². The molecule has 1 aromatic rings. The molecule has 0 saturated carbocycles. The normalized spacial score (nSPS) is 10.2. The molecule has 0 spiro atoms. The summed E-state index contributed by atoms with van der Waals surface area (Å²) in [5, 5.41) is 0. The summed E-state index contributed by atoms with van der Waals surface area (Å²) in [6, 6.07) is 10.0. The molecule has 68 valence electrons. The Morgan fingerprint density at radius 1 is 1.38 bits per heavy atom. The summed E-state index contributed by atoms with van der Waals surface area (Å²) < 4.78 is 5.25. The standard InChI is InChI=1S/C10H10OS2/c12-10(13)11-8-4-7-9-5-2-1-3-6-9/h1-7H,8H2,(H,12,13)/b7-4+. The highest BCUT2D eigenvalue weighted by molar-refractivity contribution is 8.10. The van der Waals surface area contributed by atoms with Gasteiger partial charge in [0.25, 0.3) is 0 Å². The lowest BCUT2D eigenvalue weighted by molar-refractivity contribution is 0.371. The van der Waals surface area contributed by atoms with E-state index in [9.17, 15) is 0 Å². The Labute approximate surface area is 88.8 Å². The van der Waals surface area contributed by atoms with Gasteiger partial charge in [-0.15, -0.1) is 0 Å². The Morgan fingerprint density at radius 3 is 2.69 bits per heavy atom. The fourth-order valence-corrected chi connectivity index (χ4v) is 1.01. The Morgan fingerprint density at radius 2 is 2.08 bits per heavy atom. The molecule has 3 heteroatoms. The second-order valence-electron chi connectivity index (χ2n) is 2.39. The highest BCUT2D eigenvalue weighted by atomic mass is 32.1. The smallest absolute Gasteiger partial charge is 0.217 e. The quantitative estimate of drug-likeness (QED) is 0.607. The number of thiol groups is 1. The van der Waals surface area contributed by atoms with Crippen molar-refractivity contribution in [2.45, 2.75) is 0 Å². The number of benzene rings is 1. The maximum Gasteiger partial charge on any atom is 0.217 e. The molecule has 0 atom stereocenters. The molecule has 0 aliphatic carbocycles. The summed E-state index contributed by atoms with van der Waals surface area (Å²) >= 11 is 8.47. The van der Waals surface area contributed by atoms with Crippen LogP contribution < -0.4 is 0 Å². The highest BCUT2D eigenvalue weighted by Gasteiger charge is 1.85. The SMILES string of the molecule is S=C(S)OC/C=C/c1ccccc1. The molecule has 0 heterocycles. The zero-order chi connectivity index (χ0) is 9.52. The number of hydrogen-bond donors (Lipinski definition) is 1. The fraction of sp³-hybridized carbons (Fsp3) is 0.100. The van der Waals surface area contributed by atoms with Gasteiger partial charge in [-0.1, -0.05) is 49.0 Å². The van der Waals surface area contributed by atoms with Crippen LogP contribution in [0.5, 0.6) is 0 Å². The van der Waals surface area contributed by atoms with E-state index in [1.54, 1.807) is 0 Å². The minimum Gasteiger partial charge on any atom is -0.475 e. The molecule has 0 fully saturated rings. The zero-order valence-electron chi connectivity index (χ0n) is 7.01. The lowest BCUT2D eigenvalue weighted by atomic mass is 10.2. The molecule has 1 nitrogen and oxygen atoms in total. The number of thiocarbonyl (C=S) groups is 1. The third-order valence-corrected chi connectivity index (χ3v) is 1.66. The summed E-state index contributed by atoms with van der Waals surface area (Å²) in [6.07, 6.45) is 3.88. The van der Waals surface area contributed by atoms with Crippen LogP contribution in [0.3, 0.4) is 0 Å². The summed E-state index contributed by atoms with van der Waals surface area (Å²) in [5.74, 6) is 0. The van der Waals surface area contributed by atoms with E-state index in [0.29, 0.717) is 6.61 Å². The van der Waals surface area contributed by atoms with Crippen LogP contribution in [0.2, 0.25) is 0 Å². The molecule has 1 rings (SSSR count). The largest absolute Gasteiger partial charge is 0.475 e. The van der Waals surface area contributed by atoms with Crippen LogP contribution in [-0.2, 0) is 4.74 Å². The predicted molar refractivity (Wildman–Crippen MR) is 63.0 cm³/mol. The molecular formula is C10H10OS2. The van der Waals surface area contributed by atoms with Crippen molar-refractivity contribution >= 4 is 35.3 Å². The van der Waals surface area contributed by atoms with Gasteiger partial charge in [-0.05, 0) is 23.9 Å². The molecule has 1 aromatic carbocycles. The van der Waals surface area contributed by atoms with Crippen molar-refractivity contribution in [3.05, 3.63) is 42.0 Å². The first-order valence-electron chi connectivity index (χ1n) is 3.86. The predicted octanol–water partition coefficient (Wildman–Crippen LogP) is 2.93. The zero-order valence-corrected chi connectivity index (χ0v) is 8.72. The van der Waals surface area contributed by atoms with Crippen molar-refractivity contribution in [2.75, 3.05) is 6.61 Å². The number of hydrogen-bond acceptors (Lipinski definition) is 2. The first-order valence-corrected chi connectivity index (χ1v) is 4.72. The molecule has 0 N–H and O–H groups in total. The lowest BCUT2D eigenvalue weighted by Gasteiger charge is -1.96. The molecule has 0 bridgehead atoms. The van der Waals surface area contributed by atoms with Gasteiger partial charge >= 0.3 is 0 Å². The average molecular weight is 210 g/mol. The summed E-state index contributed by atoms with van der Waals surface area (Å²) in [7, 11) is 0. The van der Waals surface area contributed by atoms with Gasteiger partial charge in [0.1, 0.15) is 6.61 Å². The molecule has 0 aliphatic rings. The van der Waals surface area contributed by atoms with Gasteiger partial charge in [-0.2, -0.15) is 0 Å². The molecule has 0 saturated heterocycles. The Kier molecular flexibility index (Phi) is 4.57. The molecule has 0 unspecified atom stereocenters. The van der Waals surface area contributed by atoms with E-state index in [1.165, 1.54) is 0 Å². The maximum absolute atomic E-state index is 4.97. The molecule has 0 aliphatic heterocycles. The van der Waals surface area contributed by atoms with Gasteiger partial charge in [-0.25, -0.2) is 0 Å². The van der Waals surface area contributed by atoms with Gasteiger partial charge in [0, 0.05) is 0 Å². The van der Waals surface area contributed by atoms with E-state index < -0.39 is 0 Å². The van der Waals surface area contributed by atoms with Gasteiger partial charge in [-0.3, -0.25) is 0 Å². The van der Waals surface area contributed by atoms with Crippen LogP contribution >= 0.6 is 24.8 Å². The van der Waals surface area contributed by atoms with Crippen molar-refractivity contribution < 1.29 is 4.74 Å². The Hall–Kier alpha value is -0.800. The van der Waals surface area contributed by atoms with E-state index in [4.69, 9.17) is 4.74 Å². The first-order chi connectivity index (χ1) is 6.29. The van der Waals surface area contributed by atoms with E-state index in [-0.39, 0.29) is 4.38 Å². The van der Waals surface area contributed by atoms with Crippen LogP contribution in [0.4, 0.5) is 0 Å². The Bertz CT molecular complexity index is 293. The van der Waals surface area contributed by atoms with Crippen LogP contribution in [-0.4, -0.2) is 11.0 Å². The van der Waals surface area contributed by atoms with Crippen LogP contribution in [0.15, 0.2) is 36.4 Å². The van der Waals surface area contributed by atoms with Crippen LogP contribution in [0, 0.1) is 0 Å². The molecule has 13 heavy (non-hydrogen) atoms. The topological polar surface area (TPSA) is 9.23 Å². The third kappa shape index (κ3) is 4.70. The van der Waals surface area contributed by atoms with Crippen molar-refractivity contribution in [1.82, 2.24) is 0 Å². The van der Waals surface area contributed by atoms with Gasteiger partial charge in [0.15, 0.2) is 0 Å². The van der Waals surface area contributed by atoms with Gasteiger partial charge < -0.3 is 4.74 Å². The van der Waals surface area contributed by atoms with Crippen molar-refractivity contribution in [1.29, 1.82) is 0 Å². The average Bonchev–Trinajstić information content (AvgIpc) is 2.14. The third-order valence-electron chi connectivity index (χ3n) is 1.41.